The fourth-order valence-electron chi connectivity index (χ4n) is 4.13. The zero-order valence-corrected chi connectivity index (χ0v) is 19.0. The summed E-state index contributed by atoms with van der Waals surface area (Å²) < 4.78 is 46.8. The van der Waals surface area contributed by atoms with Crippen LogP contribution in [0.2, 0.25) is 5.02 Å². The van der Waals surface area contributed by atoms with Crippen molar-refractivity contribution in [3.63, 3.8) is 0 Å². The highest BCUT2D eigenvalue weighted by Gasteiger charge is 2.35. The van der Waals surface area contributed by atoms with Gasteiger partial charge in [-0.15, -0.1) is 0 Å². The number of ether oxygens (including phenoxy) is 1. The van der Waals surface area contributed by atoms with Gasteiger partial charge in [-0.05, 0) is 31.5 Å². The van der Waals surface area contributed by atoms with E-state index in [-0.39, 0.29) is 28.7 Å². The SMILES string of the molecule is COC(=O)C1=C(CN2CCCC(O)C2)NC(c2ncc(F)cc2F)=N[C@H]1c1ccc(F)cc1Cl. The molecule has 0 radical (unpaired) electrons. The summed E-state index contributed by atoms with van der Waals surface area (Å²) in [5.74, 6) is -3.15. The van der Waals surface area contributed by atoms with Crippen molar-refractivity contribution in [3.8, 4) is 0 Å². The first-order chi connectivity index (χ1) is 16.3. The Kier molecular flexibility index (Phi) is 7.20. The van der Waals surface area contributed by atoms with Crippen LogP contribution in [-0.2, 0) is 9.53 Å². The number of aliphatic hydroxyl groups excluding tert-OH is 1. The van der Waals surface area contributed by atoms with Crippen LogP contribution in [0.1, 0.15) is 30.1 Å². The Morgan fingerprint density at radius 2 is 2.09 bits per heavy atom. The largest absolute Gasteiger partial charge is 0.466 e. The maximum absolute atomic E-state index is 14.6. The molecular weight excluding hydrogens is 473 g/mol. The highest BCUT2D eigenvalue weighted by atomic mass is 35.5. The molecular formula is C23H22ClF3N4O3. The molecule has 0 bridgehead atoms. The number of amidine groups is 1. The van der Waals surface area contributed by atoms with Crippen molar-refractivity contribution in [3.05, 3.63) is 75.5 Å². The lowest BCUT2D eigenvalue weighted by Gasteiger charge is -2.34. The standard InChI is InChI=1S/C23H22ClF3N4O3/c1-34-23(33)19-18(11-31-6-2-3-14(32)10-31)29-22(21-17(27)8-13(26)9-28-21)30-20(19)15-5-4-12(25)7-16(15)24/h4-5,7-9,14,20,32H,2-3,6,10-11H2,1H3,(H,29,30)/t14?,20-/m0/s1. The van der Waals surface area contributed by atoms with Crippen molar-refractivity contribution >= 4 is 23.4 Å². The van der Waals surface area contributed by atoms with Gasteiger partial charge in [0.15, 0.2) is 11.7 Å². The highest BCUT2D eigenvalue weighted by molar-refractivity contribution is 6.31. The van der Waals surface area contributed by atoms with E-state index in [2.05, 4.69) is 15.3 Å². The number of carbonyl (C=O) groups is 1. The van der Waals surface area contributed by atoms with Crippen molar-refractivity contribution in [1.82, 2.24) is 15.2 Å². The van der Waals surface area contributed by atoms with Crippen LogP contribution in [-0.4, -0.2) is 59.6 Å². The summed E-state index contributed by atoms with van der Waals surface area (Å²) in [4.78, 5) is 23.1. The Morgan fingerprint density at radius 1 is 1.29 bits per heavy atom. The van der Waals surface area contributed by atoms with Crippen LogP contribution in [0, 0.1) is 17.5 Å². The Morgan fingerprint density at radius 3 is 2.76 bits per heavy atom. The summed E-state index contributed by atoms with van der Waals surface area (Å²) in [6.45, 7) is 1.21. The molecule has 1 aromatic carbocycles. The number of esters is 1. The second kappa shape index (κ2) is 10.1. The first-order valence-electron chi connectivity index (χ1n) is 10.6. The Bertz CT molecular complexity index is 1170. The van der Waals surface area contributed by atoms with Gasteiger partial charge in [-0.3, -0.25) is 9.89 Å². The minimum atomic E-state index is -1.08. The van der Waals surface area contributed by atoms with Crippen LogP contribution in [0.5, 0.6) is 0 Å². The van der Waals surface area contributed by atoms with Gasteiger partial charge in [-0.25, -0.2) is 22.9 Å². The minimum absolute atomic E-state index is 0.0108. The summed E-state index contributed by atoms with van der Waals surface area (Å²) in [6, 6.07) is 3.24. The van der Waals surface area contributed by atoms with E-state index >= 15 is 0 Å². The number of benzene rings is 1. The lowest BCUT2D eigenvalue weighted by atomic mass is 9.94. The molecule has 0 saturated carbocycles. The predicted octanol–water partition coefficient (Wildman–Crippen LogP) is 3.13. The number of aliphatic hydroxyl groups is 1. The molecule has 0 spiro atoms. The number of pyridine rings is 1. The topological polar surface area (TPSA) is 87.0 Å². The van der Waals surface area contributed by atoms with Gasteiger partial charge in [0.1, 0.15) is 23.4 Å². The molecule has 2 atom stereocenters. The van der Waals surface area contributed by atoms with Crippen LogP contribution in [0.15, 0.2) is 46.7 Å². The zero-order chi connectivity index (χ0) is 24.4. The van der Waals surface area contributed by atoms with Crippen molar-refractivity contribution in [2.75, 3.05) is 26.7 Å². The third-order valence-corrected chi connectivity index (χ3v) is 6.01. The lowest BCUT2D eigenvalue weighted by molar-refractivity contribution is -0.136. The molecule has 1 saturated heterocycles. The summed E-state index contributed by atoms with van der Waals surface area (Å²) in [5, 5.41) is 13.0. The number of aromatic nitrogens is 1. The van der Waals surface area contributed by atoms with E-state index in [0.717, 1.165) is 18.7 Å². The molecule has 34 heavy (non-hydrogen) atoms. The van der Waals surface area contributed by atoms with Gasteiger partial charge in [0.25, 0.3) is 0 Å². The minimum Gasteiger partial charge on any atom is -0.466 e. The number of carbonyl (C=O) groups excluding carboxylic acids is 1. The number of halogens is 4. The van der Waals surface area contributed by atoms with E-state index in [1.807, 2.05) is 4.90 Å². The van der Waals surface area contributed by atoms with Gasteiger partial charge in [-0.2, -0.15) is 0 Å². The number of methoxy groups -OCH3 is 1. The fourth-order valence-corrected chi connectivity index (χ4v) is 4.40. The maximum Gasteiger partial charge on any atom is 0.338 e. The second-order valence-corrected chi connectivity index (χ2v) is 8.48. The quantitative estimate of drug-likeness (QED) is 0.621. The molecule has 1 fully saturated rings. The van der Waals surface area contributed by atoms with Crippen LogP contribution < -0.4 is 5.32 Å². The molecule has 0 aliphatic carbocycles. The number of nitrogens with zero attached hydrogens (tertiary/aromatic N) is 3. The van der Waals surface area contributed by atoms with Crippen molar-refractivity contribution < 1.29 is 27.8 Å². The van der Waals surface area contributed by atoms with Gasteiger partial charge in [0.05, 0.1) is 25.0 Å². The van der Waals surface area contributed by atoms with Gasteiger partial charge >= 0.3 is 5.97 Å². The van der Waals surface area contributed by atoms with Crippen LogP contribution >= 0.6 is 11.6 Å². The number of β-amino-alcohol motifs (C(OH)–C–C–N with tert-alkyl or cyclic N) is 1. The first-order valence-corrected chi connectivity index (χ1v) is 11.0. The van der Waals surface area contributed by atoms with Gasteiger partial charge in [0.2, 0.25) is 0 Å². The van der Waals surface area contributed by atoms with Crippen LogP contribution in [0.4, 0.5) is 13.2 Å². The smallest absolute Gasteiger partial charge is 0.338 e. The molecule has 11 heteroatoms. The molecule has 1 aromatic heterocycles. The normalized spacial score (nSPS) is 21.2. The Hall–Kier alpha value is -2.95. The highest BCUT2D eigenvalue weighted by Crippen LogP contribution is 2.36. The molecule has 2 aromatic rings. The molecule has 4 rings (SSSR count). The average molecular weight is 495 g/mol. The molecule has 0 amide bonds. The second-order valence-electron chi connectivity index (χ2n) is 8.07. The van der Waals surface area contributed by atoms with Crippen molar-refractivity contribution in [1.29, 1.82) is 0 Å². The lowest BCUT2D eigenvalue weighted by Crippen LogP contribution is -2.44. The fraction of sp³-hybridized carbons (Fsp3) is 0.348. The van der Waals surface area contributed by atoms with Crippen molar-refractivity contribution in [2.45, 2.75) is 25.0 Å². The molecule has 2 aliphatic heterocycles. The van der Waals surface area contributed by atoms with Gasteiger partial charge in [0, 0.05) is 35.4 Å². The number of rotatable bonds is 5. The zero-order valence-electron chi connectivity index (χ0n) is 18.2. The van der Waals surface area contributed by atoms with Gasteiger partial charge in [-0.1, -0.05) is 17.7 Å². The monoisotopic (exact) mass is 494 g/mol. The summed E-state index contributed by atoms with van der Waals surface area (Å²) in [6.07, 6.45) is 1.75. The molecule has 2 aliphatic rings. The van der Waals surface area contributed by atoms with E-state index in [0.29, 0.717) is 36.8 Å². The third-order valence-electron chi connectivity index (χ3n) is 5.68. The predicted molar refractivity (Wildman–Crippen MR) is 119 cm³/mol. The average Bonchev–Trinajstić information content (AvgIpc) is 2.78. The summed E-state index contributed by atoms with van der Waals surface area (Å²) in [7, 11) is 1.21. The molecule has 3 heterocycles. The maximum atomic E-state index is 14.6. The number of hydrogen-bond donors (Lipinski definition) is 2. The number of nitrogens with one attached hydrogen (secondary N) is 1. The number of piperidine rings is 1. The van der Waals surface area contributed by atoms with Crippen LogP contribution in [0.3, 0.4) is 0 Å². The number of likely N-dealkylation sites (tertiary alicyclic amines) is 1. The third kappa shape index (κ3) is 5.08. The molecule has 180 valence electrons. The van der Waals surface area contributed by atoms with Crippen molar-refractivity contribution in [2.24, 2.45) is 4.99 Å². The number of aliphatic imine (C=N–C) groups is 1. The van der Waals surface area contributed by atoms with E-state index in [1.165, 1.54) is 19.2 Å². The van der Waals surface area contributed by atoms with Crippen LogP contribution in [0.25, 0.3) is 0 Å². The van der Waals surface area contributed by atoms with E-state index in [1.54, 1.807) is 0 Å². The van der Waals surface area contributed by atoms with E-state index < -0.39 is 35.6 Å². The van der Waals surface area contributed by atoms with Gasteiger partial charge < -0.3 is 15.2 Å². The summed E-state index contributed by atoms with van der Waals surface area (Å²) in [5.41, 5.74) is 0.468. The number of hydrogen-bond acceptors (Lipinski definition) is 7. The molecule has 7 nitrogen and oxygen atoms in total. The van der Waals surface area contributed by atoms with E-state index in [9.17, 15) is 23.1 Å². The summed E-state index contributed by atoms with van der Waals surface area (Å²) >= 11 is 6.29. The Balaban J connectivity index is 1.85. The first kappa shape index (κ1) is 24.2. The van der Waals surface area contributed by atoms with E-state index in [4.69, 9.17) is 16.3 Å². The molecule has 1 unspecified atom stereocenters. The molecule has 2 N–H and O–H groups in total. The Labute approximate surface area is 198 Å².